The fraction of sp³-hybridized carbons (Fsp3) is 0.318. The normalized spacial score (nSPS) is 17.1. The van der Waals surface area contributed by atoms with Crippen molar-refractivity contribution in [3.8, 4) is 0 Å². The molecule has 1 aromatic carbocycles. The number of rotatable bonds is 3. The number of aromatic nitrogens is 2. The van der Waals surface area contributed by atoms with Gasteiger partial charge in [-0.25, -0.2) is 9.97 Å². The van der Waals surface area contributed by atoms with Crippen LogP contribution < -0.4 is 5.32 Å². The molecule has 0 spiro atoms. The SMILES string of the molecule is Cc1ccc2c(Nc3ccccc3)c(C(=O)N3CCC[C@@H](C)C3)cnc2n1. The van der Waals surface area contributed by atoms with Crippen LogP contribution in [0.15, 0.2) is 48.7 Å². The average Bonchev–Trinajstić information content (AvgIpc) is 2.68. The van der Waals surface area contributed by atoms with Gasteiger partial charge in [0.25, 0.3) is 5.91 Å². The van der Waals surface area contributed by atoms with Crippen LogP contribution in [0.3, 0.4) is 0 Å². The van der Waals surface area contributed by atoms with Gasteiger partial charge in [0.1, 0.15) is 0 Å². The number of carbonyl (C=O) groups excluding carboxylic acids is 1. The lowest BCUT2D eigenvalue weighted by molar-refractivity contribution is 0.0684. The van der Waals surface area contributed by atoms with Crippen molar-refractivity contribution in [2.45, 2.75) is 26.7 Å². The molecule has 5 heteroatoms. The van der Waals surface area contributed by atoms with Crippen molar-refractivity contribution in [1.29, 1.82) is 0 Å². The predicted molar refractivity (Wildman–Crippen MR) is 108 cm³/mol. The zero-order valence-electron chi connectivity index (χ0n) is 15.8. The Morgan fingerprint density at radius 2 is 2.00 bits per heavy atom. The first-order valence-electron chi connectivity index (χ1n) is 9.49. The number of fused-ring (bicyclic) bond motifs is 1. The monoisotopic (exact) mass is 360 g/mol. The van der Waals surface area contributed by atoms with Gasteiger partial charge in [0, 0.05) is 36.1 Å². The van der Waals surface area contributed by atoms with Crippen LogP contribution in [0.5, 0.6) is 0 Å². The van der Waals surface area contributed by atoms with Crippen LogP contribution in [0.25, 0.3) is 11.0 Å². The number of hydrogen-bond acceptors (Lipinski definition) is 4. The lowest BCUT2D eigenvalue weighted by Crippen LogP contribution is -2.39. The summed E-state index contributed by atoms with van der Waals surface area (Å²) in [7, 11) is 0. The van der Waals surface area contributed by atoms with Crippen molar-refractivity contribution in [2.24, 2.45) is 5.92 Å². The summed E-state index contributed by atoms with van der Waals surface area (Å²) in [6, 6.07) is 13.9. The first kappa shape index (κ1) is 17.5. The van der Waals surface area contributed by atoms with Crippen LogP contribution in [0.2, 0.25) is 0 Å². The molecule has 0 bridgehead atoms. The lowest BCUT2D eigenvalue weighted by atomic mass is 9.99. The molecule has 1 aliphatic rings. The van der Waals surface area contributed by atoms with Crippen molar-refractivity contribution in [3.05, 3.63) is 59.9 Å². The summed E-state index contributed by atoms with van der Waals surface area (Å²) >= 11 is 0. The van der Waals surface area contributed by atoms with Crippen molar-refractivity contribution in [3.63, 3.8) is 0 Å². The molecule has 138 valence electrons. The first-order chi connectivity index (χ1) is 13.1. The Morgan fingerprint density at radius 1 is 1.19 bits per heavy atom. The summed E-state index contributed by atoms with van der Waals surface area (Å²) < 4.78 is 0. The van der Waals surface area contributed by atoms with Crippen LogP contribution in [0.1, 0.15) is 35.8 Å². The van der Waals surface area contributed by atoms with E-state index >= 15 is 0 Å². The van der Waals surface area contributed by atoms with E-state index in [1.807, 2.05) is 54.3 Å². The van der Waals surface area contributed by atoms with E-state index in [4.69, 9.17) is 0 Å². The smallest absolute Gasteiger partial charge is 0.257 e. The Hall–Kier alpha value is -2.95. The highest BCUT2D eigenvalue weighted by Gasteiger charge is 2.25. The topological polar surface area (TPSA) is 58.1 Å². The number of carbonyl (C=O) groups is 1. The zero-order valence-corrected chi connectivity index (χ0v) is 15.8. The Morgan fingerprint density at radius 3 is 2.78 bits per heavy atom. The Kier molecular flexibility index (Phi) is 4.75. The Labute approximate surface area is 159 Å². The van der Waals surface area contributed by atoms with Gasteiger partial charge in [-0.15, -0.1) is 0 Å². The average molecular weight is 360 g/mol. The highest BCUT2D eigenvalue weighted by atomic mass is 16.2. The number of benzene rings is 1. The standard InChI is InChI=1S/C22H24N4O/c1-15-7-6-12-26(14-15)22(27)19-13-23-21-18(11-10-16(2)24-21)20(19)25-17-8-4-3-5-9-17/h3-5,8-11,13,15H,6-7,12,14H2,1-2H3,(H,23,24,25)/t15-/m1/s1. The summed E-state index contributed by atoms with van der Waals surface area (Å²) in [5.41, 5.74) is 3.88. The quantitative estimate of drug-likeness (QED) is 0.744. The molecule has 1 N–H and O–H groups in total. The van der Waals surface area contributed by atoms with E-state index in [0.717, 1.165) is 42.0 Å². The molecule has 1 aliphatic heterocycles. The minimum atomic E-state index is 0.0370. The number of amides is 1. The summed E-state index contributed by atoms with van der Waals surface area (Å²) in [6.07, 6.45) is 3.90. The number of nitrogens with one attached hydrogen (secondary N) is 1. The van der Waals surface area contributed by atoms with Gasteiger partial charge in [-0.2, -0.15) is 0 Å². The first-order valence-corrected chi connectivity index (χ1v) is 9.49. The summed E-state index contributed by atoms with van der Waals surface area (Å²) in [5, 5.41) is 4.30. The summed E-state index contributed by atoms with van der Waals surface area (Å²) in [6.45, 7) is 5.75. The zero-order chi connectivity index (χ0) is 18.8. The van der Waals surface area contributed by atoms with Gasteiger partial charge in [-0.05, 0) is 49.9 Å². The van der Waals surface area contributed by atoms with E-state index in [2.05, 4.69) is 22.2 Å². The minimum Gasteiger partial charge on any atom is -0.354 e. The number of pyridine rings is 2. The highest BCUT2D eigenvalue weighted by molar-refractivity contribution is 6.07. The number of para-hydroxylation sites is 1. The molecule has 1 amide bonds. The maximum absolute atomic E-state index is 13.3. The molecule has 2 aromatic heterocycles. The third kappa shape index (κ3) is 3.63. The van der Waals surface area contributed by atoms with Gasteiger partial charge in [0.05, 0.1) is 11.3 Å². The number of nitrogens with zero attached hydrogens (tertiary/aromatic N) is 3. The lowest BCUT2D eigenvalue weighted by Gasteiger charge is -2.31. The second-order valence-electron chi connectivity index (χ2n) is 7.36. The van der Waals surface area contributed by atoms with Gasteiger partial charge in [0.15, 0.2) is 5.65 Å². The van der Waals surface area contributed by atoms with Crippen LogP contribution >= 0.6 is 0 Å². The van der Waals surface area contributed by atoms with E-state index in [9.17, 15) is 4.79 Å². The number of likely N-dealkylation sites (tertiary alicyclic amines) is 1. The van der Waals surface area contributed by atoms with E-state index in [-0.39, 0.29) is 5.91 Å². The molecule has 1 fully saturated rings. The summed E-state index contributed by atoms with van der Waals surface area (Å²) in [5.74, 6) is 0.570. The number of aryl methyl sites for hydroxylation is 1. The molecule has 0 unspecified atom stereocenters. The molecule has 3 aromatic rings. The largest absolute Gasteiger partial charge is 0.354 e. The van der Waals surface area contributed by atoms with Crippen molar-refractivity contribution < 1.29 is 4.79 Å². The second-order valence-corrected chi connectivity index (χ2v) is 7.36. The number of hydrogen-bond donors (Lipinski definition) is 1. The molecule has 0 saturated carbocycles. The molecule has 4 rings (SSSR count). The van der Waals surface area contributed by atoms with Crippen LogP contribution in [0.4, 0.5) is 11.4 Å². The summed E-state index contributed by atoms with van der Waals surface area (Å²) in [4.78, 5) is 24.3. The van der Waals surface area contributed by atoms with E-state index in [1.54, 1.807) is 6.20 Å². The van der Waals surface area contributed by atoms with Gasteiger partial charge >= 0.3 is 0 Å². The second kappa shape index (κ2) is 7.35. The third-order valence-electron chi connectivity index (χ3n) is 5.09. The molecule has 0 aliphatic carbocycles. The molecule has 27 heavy (non-hydrogen) atoms. The molecule has 1 atom stereocenters. The van der Waals surface area contributed by atoms with Gasteiger partial charge in [-0.1, -0.05) is 25.1 Å². The van der Waals surface area contributed by atoms with Gasteiger partial charge < -0.3 is 10.2 Å². The van der Waals surface area contributed by atoms with Crippen LogP contribution in [-0.2, 0) is 0 Å². The number of anilines is 2. The van der Waals surface area contributed by atoms with E-state index in [1.165, 1.54) is 6.42 Å². The fourth-order valence-electron chi connectivity index (χ4n) is 3.68. The van der Waals surface area contributed by atoms with Crippen LogP contribution in [0, 0.1) is 12.8 Å². The van der Waals surface area contributed by atoms with Crippen LogP contribution in [-0.4, -0.2) is 33.9 Å². The highest BCUT2D eigenvalue weighted by Crippen LogP contribution is 2.30. The molecular formula is C22H24N4O. The van der Waals surface area contributed by atoms with Crippen molar-refractivity contribution in [1.82, 2.24) is 14.9 Å². The molecule has 5 nitrogen and oxygen atoms in total. The third-order valence-corrected chi connectivity index (χ3v) is 5.09. The number of piperidine rings is 1. The van der Waals surface area contributed by atoms with Gasteiger partial charge in [-0.3, -0.25) is 4.79 Å². The Bertz CT molecular complexity index is 971. The van der Waals surface area contributed by atoms with Crippen molar-refractivity contribution >= 4 is 28.3 Å². The maximum Gasteiger partial charge on any atom is 0.257 e. The fourth-order valence-corrected chi connectivity index (χ4v) is 3.68. The van der Waals surface area contributed by atoms with Gasteiger partial charge in [0.2, 0.25) is 0 Å². The van der Waals surface area contributed by atoms with E-state index in [0.29, 0.717) is 17.1 Å². The molecule has 0 radical (unpaired) electrons. The van der Waals surface area contributed by atoms with Crippen molar-refractivity contribution in [2.75, 3.05) is 18.4 Å². The van der Waals surface area contributed by atoms with E-state index < -0.39 is 0 Å². The maximum atomic E-state index is 13.3. The molecular weight excluding hydrogens is 336 g/mol. The Balaban J connectivity index is 1.80. The molecule has 3 heterocycles. The molecule has 1 saturated heterocycles. The minimum absolute atomic E-state index is 0.0370. The predicted octanol–water partition coefficient (Wildman–Crippen LogP) is 4.55.